The molecule has 0 aliphatic carbocycles. The lowest BCUT2D eigenvalue weighted by atomic mass is 9.96. The van der Waals surface area contributed by atoms with Gasteiger partial charge in [0.1, 0.15) is 16.2 Å². The second-order valence-electron chi connectivity index (χ2n) is 9.13. The van der Waals surface area contributed by atoms with E-state index in [1.807, 2.05) is 34.9 Å². The summed E-state index contributed by atoms with van der Waals surface area (Å²) in [5.41, 5.74) is 8.81. The Balaban J connectivity index is 1.18. The molecule has 11 heteroatoms. The van der Waals surface area contributed by atoms with Gasteiger partial charge in [-0.3, -0.25) is 19.2 Å². The number of amides is 1. The number of nitrogen functional groups attached to an aromatic ring is 1. The smallest absolute Gasteiger partial charge is 0.287 e. The minimum atomic E-state index is -0.616. The fourth-order valence-electron chi connectivity index (χ4n) is 5.00. The summed E-state index contributed by atoms with van der Waals surface area (Å²) in [5.74, 6) is 1.53. The minimum absolute atomic E-state index is 0.0104. The highest BCUT2D eigenvalue weighted by Crippen LogP contribution is 2.34. The monoisotopic (exact) mass is 521 g/mol. The number of carbonyl (C=O) groups excluding carboxylic acids is 1. The summed E-state index contributed by atoms with van der Waals surface area (Å²) >= 11 is 3.36. The Hall–Kier alpha value is -3.44. The van der Waals surface area contributed by atoms with E-state index in [2.05, 4.69) is 15.3 Å². The SMILES string of the molecule is Nc1c(N2CCc3ccc(CNC(=O)c4nc5sc6c(c5c(=O)[nH]4)CCCSC6)cc3C2)c(=O)c1=O. The van der Waals surface area contributed by atoms with Gasteiger partial charge in [0, 0.05) is 30.3 Å². The number of aromatic amines is 1. The van der Waals surface area contributed by atoms with Gasteiger partial charge in [-0.2, -0.15) is 11.8 Å². The second kappa shape index (κ2) is 8.90. The Morgan fingerprint density at radius 2 is 2.03 bits per heavy atom. The van der Waals surface area contributed by atoms with Crippen molar-refractivity contribution in [3.05, 3.63) is 82.0 Å². The molecule has 2 aromatic heterocycles. The van der Waals surface area contributed by atoms with Crippen molar-refractivity contribution in [1.82, 2.24) is 15.3 Å². The fraction of sp³-hybridized carbons (Fsp3) is 0.320. The third-order valence-corrected chi connectivity index (χ3v) is 9.26. The number of H-pyrrole nitrogens is 1. The van der Waals surface area contributed by atoms with Gasteiger partial charge in [-0.05, 0) is 47.3 Å². The normalized spacial score (nSPS) is 15.5. The number of thioether (sulfide) groups is 1. The van der Waals surface area contributed by atoms with E-state index < -0.39 is 16.8 Å². The maximum atomic E-state index is 12.9. The predicted molar refractivity (Wildman–Crippen MR) is 143 cm³/mol. The molecular formula is C25H23N5O4S2. The van der Waals surface area contributed by atoms with Gasteiger partial charge in [-0.1, -0.05) is 18.2 Å². The van der Waals surface area contributed by atoms with Crippen LogP contribution in [0.15, 0.2) is 32.6 Å². The van der Waals surface area contributed by atoms with Gasteiger partial charge < -0.3 is 20.9 Å². The van der Waals surface area contributed by atoms with Gasteiger partial charge in [0.2, 0.25) is 5.82 Å². The minimum Gasteiger partial charge on any atom is -0.394 e. The zero-order chi connectivity index (χ0) is 25.0. The molecule has 0 atom stereocenters. The van der Waals surface area contributed by atoms with Crippen molar-refractivity contribution >= 4 is 50.6 Å². The standard InChI is InChI=1S/C25H23N5O4S2/c26-18-19(21(32)20(18)31)30-6-5-13-4-3-12(8-14(13)10-30)9-27-24(34)22-28-23(33)17-15-2-1-7-35-11-16(15)36-25(17)29-22/h3-4,8H,1-2,5-7,9-11,26H2,(H,27,34)(H,28,29,33). The highest BCUT2D eigenvalue weighted by Gasteiger charge is 2.27. The van der Waals surface area contributed by atoms with Gasteiger partial charge in [0.15, 0.2) is 0 Å². The van der Waals surface area contributed by atoms with Crippen molar-refractivity contribution in [3.8, 4) is 0 Å². The van der Waals surface area contributed by atoms with Crippen LogP contribution >= 0.6 is 23.1 Å². The third-order valence-electron chi connectivity index (χ3n) is 6.88. The second-order valence-corrected chi connectivity index (χ2v) is 11.3. The average Bonchev–Trinajstić information content (AvgIpc) is 3.08. The molecule has 4 aromatic rings. The quantitative estimate of drug-likeness (QED) is 0.346. The van der Waals surface area contributed by atoms with Crippen molar-refractivity contribution in [2.24, 2.45) is 0 Å². The number of carbonyl (C=O) groups is 1. The van der Waals surface area contributed by atoms with Crippen LogP contribution in [-0.4, -0.2) is 28.2 Å². The van der Waals surface area contributed by atoms with Gasteiger partial charge in [0.25, 0.3) is 22.3 Å². The summed E-state index contributed by atoms with van der Waals surface area (Å²) in [6.07, 6.45) is 2.63. The molecule has 4 heterocycles. The lowest BCUT2D eigenvalue weighted by Gasteiger charge is -2.32. The third kappa shape index (κ3) is 3.82. The maximum absolute atomic E-state index is 12.9. The van der Waals surface area contributed by atoms with Gasteiger partial charge in [-0.25, -0.2) is 4.98 Å². The molecule has 0 fully saturated rings. The van der Waals surface area contributed by atoms with Crippen molar-refractivity contribution in [2.75, 3.05) is 22.9 Å². The number of nitrogens with one attached hydrogen (secondary N) is 2. The average molecular weight is 522 g/mol. The van der Waals surface area contributed by atoms with Crippen molar-refractivity contribution < 1.29 is 4.79 Å². The number of hydrogen-bond donors (Lipinski definition) is 3. The Bertz CT molecular complexity index is 1660. The first-order chi connectivity index (χ1) is 17.4. The van der Waals surface area contributed by atoms with Crippen molar-refractivity contribution in [3.63, 3.8) is 0 Å². The number of thiophene rings is 1. The summed E-state index contributed by atoms with van der Waals surface area (Å²) < 4.78 is 0. The zero-order valence-electron chi connectivity index (χ0n) is 19.3. The molecule has 0 saturated heterocycles. The van der Waals surface area contributed by atoms with Gasteiger partial charge in [-0.15, -0.1) is 11.3 Å². The Kier molecular flexibility index (Phi) is 5.68. The first-order valence-electron chi connectivity index (χ1n) is 11.8. The lowest BCUT2D eigenvalue weighted by molar-refractivity contribution is 0.0940. The number of rotatable bonds is 4. The summed E-state index contributed by atoms with van der Waals surface area (Å²) in [4.78, 5) is 59.9. The largest absolute Gasteiger partial charge is 0.394 e. The summed E-state index contributed by atoms with van der Waals surface area (Å²) in [6.45, 7) is 1.34. The highest BCUT2D eigenvalue weighted by molar-refractivity contribution is 7.98. The molecule has 6 rings (SSSR count). The molecule has 36 heavy (non-hydrogen) atoms. The molecule has 2 aromatic carbocycles. The number of nitrogens with two attached hydrogens (primary N) is 1. The van der Waals surface area contributed by atoms with Crippen LogP contribution in [0, 0.1) is 0 Å². The van der Waals surface area contributed by atoms with E-state index in [0.29, 0.717) is 29.0 Å². The van der Waals surface area contributed by atoms with Crippen LogP contribution in [0.1, 0.15) is 44.2 Å². The van der Waals surface area contributed by atoms with Crippen LogP contribution in [0.3, 0.4) is 0 Å². The molecule has 0 spiro atoms. The number of benzene rings is 1. The summed E-state index contributed by atoms with van der Waals surface area (Å²) in [5, 5.41) is 3.47. The number of anilines is 2. The molecule has 1 amide bonds. The molecule has 0 radical (unpaired) electrons. The van der Waals surface area contributed by atoms with Gasteiger partial charge in [0.05, 0.1) is 5.39 Å². The molecule has 0 saturated carbocycles. The number of hydrogen-bond acceptors (Lipinski definition) is 9. The van der Waals surface area contributed by atoms with E-state index >= 15 is 0 Å². The molecule has 184 valence electrons. The Morgan fingerprint density at radius 3 is 2.86 bits per heavy atom. The van der Waals surface area contributed by atoms with Crippen LogP contribution in [0.25, 0.3) is 10.2 Å². The van der Waals surface area contributed by atoms with E-state index in [1.165, 1.54) is 16.2 Å². The molecule has 4 N–H and O–H groups in total. The van der Waals surface area contributed by atoms with E-state index in [1.54, 1.807) is 0 Å². The number of nitrogens with zero attached hydrogens (tertiary/aromatic N) is 2. The van der Waals surface area contributed by atoms with Crippen LogP contribution in [-0.2, 0) is 31.7 Å². The Labute approximate surface area is 213 Å². The molecule has 0 unspecified atom stereocenters. The summed E-state index contributed by atoms with van der Waals surface area (Å²) in [6, 6.07) is 5.95. The Morgan fingerprint density at radius 1 is 1.17 bits per heavy atom. The number of aromatic nitrogens is 2. The molecule has 9 nitrogen and oxygen atoms in total. The van der Waals surface area contributed by atoms with Crippen LogP contribution in [0.2, 0.25) is 0 Å². The van der Waals surface area contributed by atoms with E-state index in [4.69, 9.17) is 5.73 Å². The van der Waals surface area contributed by atoms with Gasteiger partial charge >= 0.3 is 0 Å². The first kappa shape index (κ1) is 23.0. The zero-order valence-corrected chi connectivity index (χ0v) is 20.9. The predicted octanol–water partition coefficient (Wildman–Crippen LogP) is 1.83. The van der Waals surface area contributed by atoms with E-state index in [0.717, 1.165) is 53.0 Å². The first-order valence-corrected chi connectivity index (χ1v) is 13.7. The van der Waals surface area contributed by atoms with Crippen LogP contribution < -0.4 is 32.4 Å². The molecule has 0 bridgehead atoms. The summed E-state index contributed by atoms with van der Waals surface area (Å²) in [7, 11) is 0. The van der Waals surface area contributed by atoms with E-state index in [9.17, 15) is 19.2 Å². The van der Waals surface area contributed by atoms with Crippen LogP contribution in [0.5, 0.6) is 0 Å². The number of fused-ring (bicyclic) bond motifs is 4. The number of aryl methyl sites for hydroxylation is 1. The highest BCUT2D eigenvalue weighted by atomic mass is 32.2. The lowest BCUT2D eigenvalue weighted by Crippen LogP contribution is -2.44. The van der Waals surface area contributed by atoms with E-state index in [-0.39, 0.29) is 23.6 Å². The molecular weight excluding hydrogens is 498 g/mol. The maximum Gasteiger partial charge on any atom is 0.287 e. The molecule has 2 aliphatic heterocycles. The van der Waals surface area contributed by atoms with Crippen LogP contribution in [0.4, 0.5) is 11.4 Å². The van der Waals surface area contributed by atoms with Crippen molar-refractivity contribution in [2.45, 2.75) is 38.1 Å². The van der Waals surface area contributed by atoms with Crippen molar-refractivity contribution in [1.29, 1.82) is 0 Å². The topological polar surface area (TPSA) is 138 Å². The fourth-order valence-corrected chi connectivity index (χ4v) is 7.36. The molecule has 2 aliphatic rings.